The summed E-state index contributed by atoms with van der Waals surface area (Å²) in [6.45, 7) is 1.88. The van der Waals surface area contributed by atoms with Crippen LogP contribution in [0.4, 0.5) is 0 Å². The number of hydrogen-bond donors (Lipinski definition) is 2. The fourth-order valence-corrected chi connectivity index (χ4v) is 4.38. The van der Waals surface area contributed by atoms with Crippen LogP contribution in [-0.4, -0.2) is 30.3 Å². The monoisotopic (exact) mass is 460 g/mol. The van der Waals surface area contributed by atoms with E-state index in [2.05, 4.69) is 16.4 Å². The van der Waals surface area contributed by atoms with Gasteiger partial charge in [-0.3, -0.25) is 9.59 Å². The quantitative estimate of drug-likeness (QED) is 0.340. The number of nitrogens with one attached hydrogen (secondary N) is 2. The third-order valence-corrected chi connectivity index (χ3v) is 6.16. The first kappa shape index (κ1) is 22.6. The summed E-state index contributed by atoms with van der Waals surface area (Å²) in [4.78, 5) is 28.0. The summed E-state index contributed by atoms with van der Waals surface area (Å²) >= 11 is 6.55. The van der Waals surface area contributed by atoms with E-state index in [-0.39, 0.29) is 24.0 Å². The maximum Gasteiger partial charge on any atom is 0.224 e. The Morgan fingerprint density at radius 3 is 2.55 bits per heavy atom. The second-order valence-electron chi connectivity index (χ2n) is 7.93. The van der Waals surface area contributed by atoms with Crippen LogP contribution in [0, 0.1) is 0 Å². The van der Waals surface area contributed by atoms with Crippen molar-refractivity contribution >= 4 is 34.2 Å². The number of H-pyrrole nitrogens is 1. The molecule has 0 aliphatic heterocycles. The molecule has 1 unspecified atom stereocenters. The Bertz CT molecular complexity index is 1310. The molecule has 0 radical (unpaired) electrons. The zero-order valence-electron chi connectivity index (χ0n) is 18.5. The molecular weight excluding hydrogens is 436 g/mol. The number of aromatic amines is 1. The Morgan fingerprint density at radius 2 is 1.79 bits per heavy atom. The first-order chi connectivity index (χ1) is 16.0. The van der Waals surface area contributed by atoms with Gasteiger partial charge in [-0.1, -0.05) is 48.0 Å². The summed E-state index contributed by atoms with van der Waals surface area (Å²) in [6, 6.07) is 20.9. The van der Waals surface area contributed by atoms with Crippen molar-refractivity contribution in [3.05, 3.63) is 100 Å². The zero-order valence-corrected chi connectivity index (χ0v) is 19.3. The van der Waals surface area contributed by atoms with Crippen LogP contribution < -0.4 is 10.1 Å². The van der Waals surface area contributed by atoms with Crippen LogP contribution in [0.15, 0.2) is 72.9 Å². The van der Waals surface area contributed by atoms with Gasteiger partial charge in [-0.2, -0.15) is 0 Å². The molecule has 0 saturated carbocycles. The van der Waals surface area contributed by atoms with Crippen LogP contribution >= 0.6 is 11.6 Å². The molecule has 4 aromatic rings. The second kappa shape index (κ2) is 9.92. The maximum absolute atomic E-state index is 12.9. The predicted octanol–water partition coefficient (Wildman–Crippen LogP) is 5.52. The molecule has 0 fully saturated rings. The zero-order chi connectivity index (χ0) is 23.4. The van der Waals surface area contributed by atoms with E-state index in [1.165, 1.54) is 6.92 Å². The number of halogens is 1. The van der Waals surface area contributed by atoms with E-state index in [9.17, 15) is 9.59 Å². The molecule has 1 heterocycles. The minimum absolute atomic E-state index is 0.0579. The summed E-state index contributed by atoms with van der Waals surface area (Å²) < 4.78 is 5.39. The maximum atomic E-state index is 12.9. The highest BCUT2D eigenvalue weighted by molar-refractivity contribution is 6.31. The van der Waals surface area contributed by atoms with E-state index in [1.807, 2.05) is 48.7 Å². The van der Waals surface area contributed by atoms with E-state index < -0.39 is 0 Å². The van der Waals surface area contributed by atoms with Crippen molar-refractivity contribution in [3.63, 3.8) is 0 Å². The number of benzene rings is 3. The third kappa shape index (κ3) is 4.94. The average molecular weight is 461 g/mol. The molecule has 1 amide bonds. The minimum atomic E-state index is -0.161. The van der Waals surface area contributed by atoms with Crippen molar-refractivity contribution in [3.8, 4) is 5.75 Å². The fraction of sp³-hybridized carbons (Fsp3) is 0.185. The molecule has 0 bridgehead atoms. The van der Waals surface area contributed by atoms with Gasteiger partial charge in [0.1, 0.15) is 5.75 Å². The van der Waals surface area contributed by atoms with Gasteiger partial charge >= 0.3 is 0 Å². The molecule has 1 atom stereocenters. The Kier molecular flexibility index (Phi) is 6.80. The van der Waals surface area contributed by atoms with E-state index in [1.54, 1.807) is 25.3 Å². The van der Waals surface area contributed by atoms with E-state index in [4.69, 9.17) is 16.3 Å². The van der Waals surface area contributed by atoms with Crippen LogP contribution in [0.1, 0.15) is 39.9 Å². The van der Waals surface area contributed by atoms with Crippen molar-refractivity contribution in [2.75, 3.05) is 13.7 Å². The molecular formula is C27H25ClN2O3. The van der Waals surface area contributed by atoms with Gasteiger partial charge in [-0.25, -0.2) is 0 Å². The summed E-state index contributed by atoms with van der Waals surface area (Å²) in [5.74, 6) is 0.224. The molecule has 6 heteroatoms. The Balaban J connectivity index is 1.59. The van der Waals surface area contributed by atoms with Gasteiger partial charge in [0.2, 0.25) is 5.91 Å². The predicted molar refractivity (Wildman–Crippen MR) is 131 cm³/mol. The number of para-hydroxylation sites is 1. The average Bonchev–Trinajstić information content (AvgIpc) is 3.24. The number of hydrogen-bond acceptors (Lipinski definition) is 3. The van der Waals surface area contributed by atoms with E-state index in [0.29, 0.717) is 28.4 Å². The number of methoxy groups -OCH3 is 1. The topological polar surface area (TPSA) is 71.2 Å². The number of aromatic nitrogens is 1. The van der Waals surface area contributed by atoms with E-state index >= 15 is 0 Å². The van der Waals surface area contributed by atoms with Crippen molar-refractivity contribution < 1.29 is 14.3 Å². The lowest BCUT2D eigenvalue weighted by atomic mass is 9.90. The molecule has 168 valence electrons. The van der Waals surface area contributed by atoms with Gasteiger partial charge in [0, 0.05) is 45.7 Å². The molecule has 0 saturated heterocycles. The molecule has 4 rings (SSSR count). The molecule has 0 aliphatic carbocycles. The number of ether oxygens (including phenoxy) is 1. The SMILES string of the molecule is COc1ccc(C(C)=O)cc1CC(=O)NCC(c1ccccc1Cl)c1c[nH]c2ccccc12. The smallest absolute Gasteiger partial charge is 0.224 e. The van der Waals surface area contributed by atoms with Gasteiger partial charge in [-0.15, -0.1) is 0 Å². The van der Waals surface area contributed by atoms with Crippen LogP contribution in [0.25, 0.3) is 10.9 Å². The number of carbonyl (C=O) groups excluding carboxylic acids is 2. The highest BCUT2D eigenvalue weighted by Crippen LogP contribution is 2.34. The van der Waals surface area contributed by atoms with Crippen LogP contribution in [-0.2, 0) is 11.2 Å². The summed E-state index contributed by atoms with van der Waals surface area (Å²) in [5, 5.41) is 4.80. The van der Waals surface area contributed by atoms with Crippen LogP contribution in [0.5, 0.6) is 5.75 Å². The molecule has 0 spiro atoms. The number of amides is 1. The number of rotatable bonds is 8. The largest absolute Gasteiger partial charge is 0.496 e. The molecule has 1 aromatic heterocycles. The highest BCUT2D eigenvalue weighted by atomic mass is 35.5. The molecule has 2 N–H and O–H groups in total. The Morgan fingerprint density at radius 1 is 1.03 bits per heavy atom. The first-order valence-electron chi connectivity index (χ1n) is 10.7. The van der Waals surface area contributed by atoms with Crippen molar-refractivity contribution in [2.45, 2.75) is 19.3 Å². The number of ketones is 1. The minimum Gasteiger partial charge on any atom is -0.496 e. The molecule has 5 nitrogen and oxygen atoms in total. The van der Waals surface area contributed by atoms with Gasteiger partial charge in [0.15, 0.2) is 5.78 Å². The van der Waals surface area contributed by atoms with Gasteiger partial charge < -0.3 is 15.0 Å². The number of fused-ring (bicyclic) bond motifs is 1. The van der Waals surface area contributed by atoms with Crippen LogP contribution in [0.3, 0.4) is 0 Å². The van der Waals surface area contributed by atoms with Crippen molar-refractivity contribution in [2.24, 2.45) is 0 Å². The standard InChI is InChI=1S/C27H25ClN2O3/c1-17(31)18-11-12-26(33-2)19(13-18)14-27(32)30-16-22(20-7-3-5-9-24(20)28)23-15-29-25-10-6-4-8-21(23)25/h3-13,15,22,29H,14,16H2,1-2H3,(H,30,32). The van der Waals surface area contributed by atoms with Gasteiger partial charge in [0.25, 0.3) is 0 Å². The third-order valence-electron chi connectivity index (χ3n) is 5.82. The summed E-state index contributed by atoms with van der Waals surface area (Å²) in [5.41, 5.74) is 4.26. The molecule has 33 heavy (non-hydrogen) atoms. The fourth-order valence-electron chi connectivity index (χ4n) is 4.11. The van der Waals surface area contributed by atoms with Crippen LogP contribution in [0.2, 0.25) is 5.02 Å². The van der Waals surface area contributed by atoms with E-state index in [0.717, 1.165) is 22.0 Å². The Hall–Kier alpha value is -3.57. The lowest BCUT2D eigenvalue weighted by Crippen LogP contribution is -2.30. The van der Waals surface area contributed by atoms with Crippen molar-refractivity contribution in [1.29, 1.82) is 0 Å². The number of carbonyl (C=O) groups is 2. The van der Waals surface area contributed by atoms with Gasteiger partial charge in [0.05, 0.1) is 13.5 Å². The molecule has 3 aromatic carbocycles. The van der Waals surface area contributed by atoms with Crippen molar-refractivity contribution in [1.82, 2.24) is 10.3 Å². The highest BCUT2D eigenvalue weighted by Gasteiger charge is 2.21. The normalized spacial score (nSPS) is 11.8. The summed E-state index contributed by atoms with van der Waals surface area (Å²) in [7, 11) is 1.55. The number of Topliss-reactive ketones (excluding diaryl/α,β-unsaturated/α-hetero) is 1. The second-order valence-corrected chi connectivity index (χ2v) is 8.33. The molecule has 0 aliphatic rings. The Labute approximate surface area is 197 Å². The summed E-state index contributed by atoms with van der Waals surface area (Å²) in [6.07, 6.45) is 2.08. The van der Waals surface area contributed by atoms with Gasteiger partial charge in [-0.05, 0) is 48.4 Å². The lowest BCUT2D eigenvalue weighted by Gasteiger charge is -2.20. The first-order valence-corrected chi connectivity index (χ1v) is 11.1. The lowest BCUT2D eigenvalue weighted by molar-refractivity contribution is -0.120.